The molecule has 0 saturated carbocycles. The van der Waals surface area contributed by atoms with Gasteiger partial charge >= 0.3 is 0 Å². The van der Waals surface area contributed by atoms with E-state index in [1.165, 1.54) is 10.8 Å². The fourth-order valence-corrected chi connectivity index (χ4v) is 6.44. The van der Waals surface area contributed by atoms with Crippen molar-refractivity contribution in [2.75, 3.05) is 0 Å². The van der Waals surface area contributed by atoms with Gasteiger partial charge in [-0.3, -0.25) is 0 Å². The molecule has 0 unspecified atom stereocenters. The lowest BCUT2D eigenvalue weighted by molar-refractivity contribution is 1.18. The van der Waals surface area contributed by atoms with Crippen molar-refractivity contribution in [1.82, 2.24) is 9.13 Å². The lowest BCUT2D eigenvalue weighted by Gasteiger charge is -2.13. The third-order valence-electron chi connectivity index (χ3n) is 8.15. The summed E-state index contributed by atoms with van der Waals surface area (Å²) in [5.74, 6) is 0. The fraction of sp³-hybridized carbons (Fsp3) is 0. The molecule has 0 fully saturated rings. The Labute approximate surface area is 242 Å². The largest absolute Gasteiger partial charge is 0.309 e. The van der Waals surface area contributed by atoms with Gasteiger partial charge in [-0.1, -0.05) is 72.8 Å². The highest BCUT2D eigenvalue weighted by molar-refractivity contribution is 6.20. The maximum absolute atomic E-state index is 9.84. The van der Waals surface area contributed by atoms with Crippen molar-refractivity contribution in [2.45, 2.75) is 0 Å². The number of hydrogen-bond donors (Lipinski definition) is 0. The molecule has 2 heterocycles. The summed E-state index contributed by atoms with van der Waals surface area (Å²) in [7, 11) is 0. The van der Waals surface area contributed by atoms with E-state index in [0.29, 0.717) is 11.1 Å². The first-order valence-electron chi connectivity index (χ1n) is 13.8. The highest BCUT2D eigenvalue weighted by Gasteiger charge is 2.21. The molecule has 4 heteroatoms. The summed E-state index contributed by atoms with van der Waals surface area (Å²) in [6, 6.07) is 50.1. The molecule has 0 spiro atoms. The second-order valence-electron chi connectivity index (χ2n) is 10.4. The minimum Gasteiger partial charge on any atom is -0.309 e. The van der Waals surface area contributed by atoms with Crippen molar-refractivity contribution in [3.63, 3.8) is 0 Å². The maximum Gasteiger partial charge on any atom is 0.0992 e. The first kappa shape index (κ1) is 23.8. The molecule has 194 valence electrons. The average Bonchev–Trinajstić information content (AvgIpc) is 3.58. The monoisotopic (exact) mass is 534 g/mol. The highest BCUT2D eigenvalue weighted by Crippen LogP contribution is 2.43. The van der Waals surface area contributed by atoms with Gasteiger partial charge in [0.05, 0.1) is 45.3 Å². The molecule has 0 atom stereocenters. The highest BCUT2D eigenvalue weighted by atomic mass is 15.0. The summed E-state index contributed by atoms with van der Waals surface area (Å²) >= 11 is 0. The van der Waals surface area contributed by atoms with Crippen molar-refractivity contribution in [1.29, 1.82) is 10.5 Å². The van der Waals surface area contributed by atoms with Crippen LogP contribution in [0, 0.1) is 22.7 Å². The molecule has 2 aromatic heterocycles. The van der Waals surface area contributed by atoms with E-state index in [0.717, 1.165) is 55.3 Å². The normalized spacial score (nSPS) is 11.3. The van der Waals surface area contributed by atoms with Gasteiger partial charge in [0.2, 0.25) is 0 Å². The SMILES string of the molecule is N#Cc1cccc(-n2c3ccc(C#N)cc3c3c(-c4cccc5c6ccccc6n(-c6ccccc6)c45)cccc32)c1. The van der Waals surface area contributed by atoms with Crippen LogP contribution in [0.15, 0.2) is 133 Å². The van der Waals surface area contributed by atoms with Crippen LogP contribution in [0.5, 0.6) is 0 Å². The number of rotatable bonds is 3. The number of aromatic nitrogens is 2. The van der Waals surface area contributed by atoms with Crippen molar-refractivity contribution >= 4 is 43.6 Å². The van der Waals surface area contributed by atoms with E-state index >= 15 is 0 Å². The number of fused-ring (bicyclic) bond motifs is 6. The quantitative estimate of drug-likeness (QED) is 0.227. The molecule has 0 aliphatic heterocycles. The summed E-state index contributed by atoms with van der Waals surface area (Å²) in [5, 5.41) is 23.9. The van der Waals surface area contributed by atoms with E-state index in [1.54, 1.807) is 0 Å². The van der Waals surface area contributed by atoms with Crippen LogP contribution in [0.1, 0.15) is 11.1 Å². The molecule has 6 aromatic carbocycles. The maximum atomic E-state index is 9.84. The van der Waals surface area contributed by atoms with Gasteiger partial charge in [0.1, 0.15) is 0 Å². The molecule has 0 bridgehead atoms. The molecule has 0 aliphatic rings. The van der Waals surface area contributed by atoms with E-state index in [2.05, 4.69) is 106 Å². The molecule has 0 aliphatic carbocycles. The number of nitrogens with zero attached hydrogens (tertiary/aromatic N) is 4. The molecule has 8 rings (SSSR count). The van der Waals surface area contributed by atoms with Crippen LogP contribution in [0.2, 0.25) is 0 Å². The molecule has 0 amide bonds. The number of para-hydroxylation sites is 3. The standard InChI is InChI=1S/C38H22N4/c39-23-25-9-6-12-28(21-25)41-35-20-19-26(24-40)22-33(35)37-30(14-8-18-36(37)41)32-16-7-15-31-29-13-4-5-17-34(29)42(38(31)32)27-10-2-1-3-11-27/h1-22H. The van der Waals surface area contributed by atoms with Crippen LogP contribution in [-0.2, 0) is 0 Å². The van der Waals surface area contributed by atoms with E-state index in [9.17, 15) is 10.5 Å². The fourth-order valence-electron chi connectivity index (χ4n) is 6.44. The van der Waals surface area contributed by atoms with E-state index < -0.39 is 0 Å². The minimum atomic E-state index is 0.601. The zero-order valence-corrected chi connectivity index (χ0v) is 22.5. The Morgan fingerprint density at radius 3 is 1.93 bits per heavy atom. The molecule has 8 aromatic rings. The van der Waals surface area contributed by atoms with Crippen LogP contribution in [0.25, 0.3) is 66.1 Å². The van der Waals surface area contributed by atoms with E-state index in [-0.39, 0.29) is 0 Å². The topological polar surface area (TPSA) is 57.4 Å². The Balaban J connectivity index is 1.55. The third kappa shape index (κ3) is 3.40. The lowest BCUT2D eigenvalue weighted by atomic mass is 9.96. The molecular formula is C38H22N4. The Morgan fingerprint density at radius 1 is 0.429 bits per heavy atom. The van der Waals surface area contributed by atoms with Gasteiger partial charge in [-0.05, 0) is 66.2 Å². The van der Waals surface area contributed by atoms with Crippen LogP contribution in [0.3, 0.4) is 0 Å². The molecule has 42 heavy (non-hydrogen) atoms. The zero-order chi connectivity index (χ0) is 28.2. The van der Waals surface area contributed by atoms with Crippen molar-refractivity contribution in [2.24, 2.45) is 0 Å². The number of hydrogen-bond acceptors (Lipinski definition) is 2. The van der Waals surface area contributed by atoms with Gasteiger partial charge in [-0.15, -0.1) is 0 Å². The molecular weight excluding hydrogens is 512 g/mol. The average molecular weight is 535 g/mol. The Hall–Kier alpha value is -6.10. The second-order valence-corrected chi connectivity index (χ2v) is 10.4. The van der Waals surface area contributed by atoms with Gasteiger partial charge < -0.3 is 9.13 Å². The van der Waals surface area contributed by atoms with Gasteiger partial charge in [0.25, 0.3) is 0 Å². The summed E-state index contributed by atoms with van der Waals surface area (Å²) in [5.41, 5.74) is 9.73. The van der Waals surface area contributed by atoms with Crippen LogP contribution in [-0.4, -0.2) is 9.13 Å². The van der Waals surface area contributed by atoms with Crippen LogP contribution >= 0.6 is 0 Å². The van der Waals surface area contributed by atoms with Crippen LogP contribution < -0.4 is 0 Å². The number of benzene rings is 6. The Kier molecular flexibility index (Phi) is 5.22. The summed E-state index contributed by atoms with van der Waals surface area (Å²) in [4.78, 5) is 0. The molecule has 0 saturated heterocycles. The molecule has 4 nitrogen and oxygen atoms in total. The lowest BCUT2D eigenvalue weighted by Crippen LogP contribution is -1.96. The third-order valence-corrected chi connectivity index (χ3v) is 8.15. The Bertz CT molecular complexity index is 2430. The van der Waals surface area contributed by atoms with E-state index in [1.807, 2.05) is 48.5 Å². The van der Waals surface area contributed by atoms with E-state index in [4.69, 9.17) is 0 Å². The first-order valence-corrected chi connectivity index (χ1v) is 13.8. The molecule has 0 N–H and O–H groups in total. The summed E-state index contributed by atoms with van der Waals surface area (Å²) in [6.07, 6.45) is 0. The predicted molar refractivity (Wildman–Crippen MR) is 170 cm³/mol. The smallest absolute Gasteiger partial charge is 0.0992 e. The van der Waals surface area contributed by atoms with Gasteiger partial charge in [-0.2, -0.15) is 10.5 Å². The summed E-state index contributed by atoms with van der Waals surface area (Å²) < 4.78 is 4.55. The summed E-state index contributed by atoms with van der Waals surface area (Å²) in [6.45, 7) is 0. The molecule has 0 radical (unpaired) electrons. The Morgan fingerprint density at radius 2 is 1.07 bits per heavy atom. The predicted octanol–water partition coefficient (Wildman–Crippen LogP) is 9.29. The van der Waals surface area contributed by atoms with Crippen molar-refractivity contribution < 1.29 is 0 Å². The number of nitriles is 2. The van der Waals surface area contributed by atoms with Gasteiger partial charge in [0.15, 0.2) is 0 Å². The minimum absolute atomic E-state index is 0.601. The second kappa shape index (κ2) is 9.24. The van der Waals surface area contributed by atoms with Gasteiger partial charge in [0, 0.05) is 38.5 Å². The van der Waals surface area contributed by atoms with Crippen molar-refractivity contribution in [3.8, 4) is 34.6 Å². The first-order chi connectivity index (χ1) is 20.8. The van der Waals surface area contributed by atoms with Crippen molar-refractivity contribution in [3.05, 3.63) is 145 Å². The van der Waals surface area contributed by atoms with Gasteiger partial charge in [-0.25, -0.2) is 0 Å². The van der Waals surface area contributed by atoms with Crippen LogP contribution in [0.4, 0.5) is 0 Å². The zero-order valence-electron chi connectivity index (χ0n) is 22.5.